The van der Waals surface area contributed by atoms with Gasteiger partial charge in [0.05, 0.1) is 17.1 Å². The second kappa shape index (κ2) is 7.79. The number of nitrogens with two attached hydrogens (primary N) is 1. The molecule has 5 N–H and O–H groups in total. The van der Waals surface area contributed by atoms with Gasteiger partial charge in [-0.1, -0.05) is 11.6 Å². The lowest BCUT2D eigenvalue weighted by Crippen LogP contribution is -2.21. The third-order valence-corrected chi connectivity index (χ3v) is 3.84. The Balaban J connectivity index is 1.99. The van der Waals surface area contributed by atoms with Gasteiger partial charge in [-0.3, -0.25) is 9.97 Å². The van der Waals surface area contributed by atoms with Crippen molar-refractivity contribution < 1.29 is 9.18 Å². The molecule has 0 saturated carbocycles. The molecule has 3 rings (SSSR count). The number of carbonyl (C=O) groups excluding carboxylic acids is 1. The lowest BCUT2D eigenvalue weighted by Gasteiger charge is -2.14. The molecule has 2 heterocycles. The summed E-state index contributed by atoms with van der Waals surface area (Å²) in [6.07, 6.45) is 3.99. The van der Waals surface area contributed by atoms with E-state index in [4.69, 9.17) is 22.7 Å². The number of halogens is 2. The van der Waals surface area contributed by atoms with Crippen molar-refractivity contribution in [3.8, 4) is 11.3 Å². The van der Waals surface area contributed by atoms with Gasteiger partial charge in [-0.25, -0.2) is 9.18 Å². The number of nitrogens with zero attached hydrogens (tertiary/aromatic N) is 2. The van der Waals surface area contributed by atoms with E-state index in [2.05, 4.69) is 20.6 Å². The van der Waals surface area contributed by atoms with Crippen LogP contribution in [-0.4, -0.2) is 22.2 Å². The van der Waals surface area contributed by atoms with Crippen LogP contribution in [0.2, 0.25) is 5.02 Å². The Hall–Kier alpha value is -3.52. The summed E-state index contributed by atoms with van der Waals surface area (Å²) in [5.74, 6) is -0.449. The first-order valence-corrected chi connectivity index (χ1v) is 8.10. The van der Waals surface area contributed by atoms with Crippen molar-refractivity contribution in [3.05, 3.63) is 65.3 Å². The summed E-state index contributed by atoms with van der Waals surface area (Å²) in [6.45, 7) is 0. The number of primary amides is 1. The summed E-state index contributed by atoms with van der Waals surface area (Å²) in [5.41, 5.74) is 7.37. The molecule has 0 fully saturated rings. The van der Waals surface area contributed by atoms with Gasteiger partial charge in [0.2, 0.25) is 0 Å². The first-order valence-electron chi connectivity index (χ1n) is 7.72. The molecule has 2 aromatic heterocycles. The third-order valence-electron chi connectivity index (χ3n) is 3.61. The van der Waals surface area contributed by atoms with Crippen LogP contribution in [-0.2, 0) is 0 Å². The summed E-state index contributed by atoms with van der Waals surface area (Å²) >= 11 is 5.95. The van der Waals surface area contributed by atoms with Gasteiger partial charge in [-0.05, 0) is 36.4 Å². The highest BCUT2D eigenvalue weighted by atomic mass is 35.5. The summed E-state index contributed by atoms with van der Waals surface area (Å²) < 4.78 is 14.1. The number of nitrogens with one attached hydrogen (secondary N) is 3. The lowest BCUT2D eigenvalue weighted by molar-refractivity contribution is 0.259. The summed E-state index contributed by atoms with van der Waals surface area (Å²) in [5, 5.41) is 13.4. The monoisotopic (exact) mass is 384 g/mol. The molecular weight excluding hydrogens is 371 g/mol. The van der Waals surface area contributed by atoms with Crippen molar-refractivity contribution in [2.75, 3.05) is 10.6 Å². The van der Waals surface area contributed by atoms with Crippen LogP contribution in [0.15, 0.2) is 48.8 Å². The van der Waals surface area contributed by atoms with Crippen LogP contribution in [0.4, 0.5) is 26.2 Å². The zero-order chi connectivity index (χ0) is 19.4. The normalized spacial score (nSPS) is 10.3. The Labute approximate surface area is 158 Å². The Morgan fingerprint density at radius 2 is 1.96 bits per heavy atom. The number of carbonyl (C=O) groups is 1. The fourth-order valence-electron chi connectivity index (χ4n) is 2.45. The molecule has 9 heteroatoms. The van der Waals surface area contributed by atoms with E-state index in [-0.39, 0.29) is 16.9 Å². The summed E-state index contributed by atoms with van der Waals surface area (Å²) in [7, 11) is 0. The second-order valence-corrected chi connectivity index (χ2v) is 5.87. The minimum absolute atomic E-state index is 0.231. The van der Waals surface area contributed by atoms with Gasteiger partial charge < -0.3 is 21.8 Å². The minimum Gasteiger partial charge on any atom is -0.354 e. The molecule has 0 aliphatic heterocycles. The van der Waals surface area contributed by atoms with Crippen LogP contribution in [0.1, 0.15) is 5.69 Å². The minimum atomic E-state index is -0.787. The van der Waals surface area contributed by atoms with Gasteiger partial charge in [0.15, 0.2) is 0 Å². The summed E-state index contributed by atoms with van der Waals surface area (Å²) in [4.78, 5) is 19.5. The molecular formula is C18H14ClFN6O. The van der Waals surface area contributed by atoms with Crippen molar-refractivity contribution in [2.45, 2.75) is 0 Å². The van der Waals surface area contributed by atoms with Crippen molar-refractivity contribution in [2.24, 2.45) is 5.73 Å². The molecule has 27 heavy (non-hydrogen) atoms. The zero-order valence-electron chi connectivity index (χ0n) is 13.8. The first kappa shape index (κ1) is 18.3. The van der Waals surface area contributed by atoms with Crippen LogP contribution in [0.25, 0.3) is 11.3 Å². The number of pyridine rings is 2. The van der Waals surface area contributed by atoms with Gasteiger partial charge in [-0.15, -0.1) is 0 Å². The Morgan fingerprint density at radius 1 is 1.19 bits per heavy atom. The molecule has 0 radical (unpaired) electrons. The van der Waals surface area contributed by atoms with Gasteiger partial charge in [0, 0.05) is 34.9 Å². The molecule has 136 valence electrons. The molecule has 2 amide bonds. The number of amides is 2. The predicted molar refractivity (Wildman–Crippen MR) is 103 cm³/mol. The average molecular weight is 385 g/mol. The van der Waals surface area contributed by atoms with Crippen LogP contribution >= 0.6 is 11.6 Å². The number of rotatable bonds is 5. The second-order valence-electron chi connectivity index (χ2n) is 5.43. The number of hydrogen-bond acceptors (Lipinski definition) is 5. The quantitative estimate of drug-likeness (QED) is 0.494. The first-order chi connectivity index (χ1) is 13.0. The molecule has 0 unspecified atom stereocenters. The van der Waals surface area contributed by atoms with E-state index >= 15 is 0 Å². The molecule has 7 nitrogen and oxygen atoms in total. The van der Waals surface area contributed by atoms with Crippen LogP contribution in [0.3, 0.4) is 0 Å². The maximum Gasteiger partial charge on any atom is 0.316 e. The Kier molecular flexibility index (Phi) is 5.28. The van der Waals surface area contributed by atoms with Gasteiger partial charge in [0.25, 0.3) is 0 Å². The predicted octanol–water partition coefficient (Wildman–Crippen LogP) is 4.17. The van der Waals surface area contributed by atoms with Gasteiger partial charge >= 0.3 is 6.03 Å². The standard InChI is InChI=1S/C18H14ClFN6O/c19-10-1-2-13(20)12(7-10)15-8-11(3-5-23-15)25-14-4-6-24-16(9-21)17(14)26-18(22)27/h1-9,21H,(H3,22,26,27)(H,23,24,25). The SMILES string of the molecule is N=Cc1nccc(Nc2ccnc(-c3cc(Cl)ccc3F)c2)c1NC(N)=O. The molecule has 0 aliphatic rings. The molecule has 0 atom stereocenters. The van der Waals surface area contributed by atoms with E-state index in [9.17, 15) is 9.18 Å². The summed E-state index contributed by atoms with van der Waals surface area (Å²) in [6, 6.07) is 8.34. The molecule has 0 aliphatic carbocycles. The van der Waals surface area contributed by atoms with E-state index in [0.29, 0.717) is 22.1 Å². The number of hydrogen-bond donors (Lipinski definition) is 4. The van der Waals surface area contributed by atoms with E-state index in [1.165, 1.54) is 30.6 Å². The van der Waals surface area contributed by atoms with Crippen LogP contribution < -0.4 is 16.4 Å². The highest BCUT2D eigenvalue weighted by molar-refractivity contribution is 6.30. The maximum absolute atomic E-state index is 14.1. The number of anilines is 3. The number of urea groups is 1. The highest BCUT2D eigenvalue weighted by Crippen LogP contribution is 2.30. The largest absolute Gasteiger partial charge is 0.354 e. The zero-order valence-corrected chi connectivity index (χ0v) is 14.6. The third kappa shape index (κ3) is 4.18. The number of benzene rings is 1. The van der Waals surface area contributed by atoms with Crippen LogP contribution in [0, 0.1) is 11.2 Å². The van der Waals surface area contributed by atoms with Crippen molar-refractivity contribution in [3.63, 3.8) is 0 Å². The molecule has 3 aromatic rings. The van der Waals surface area contributed by atoms with Crippen LogP contribution in [0.5, 0.6) is 0 Å². The molecule has 0 saturated heterocycles. The van der Waals surface area contributed by atoms with Crippen molar-refractivity contribution in [1.29, 1.82) is 5.41 Å². The smallest absolute Gasteiger partial charge is 0.316 e. The van der Waals surface area contributed by atoms with Crippen molar-refractivity contribution in [1.82, 2.24) is 9.97 Å². The highest BCUT2D eigenvalue weighted by Gasteiger charge is 2.12. The van der Waals surface area contributed by atoms with Gasteiger partial charge in [-0.2, -0.15) is 0 Å². The van der Waals surface area contributed by atoms with E-state index in [1.807, 2.05) is 0 Å². The molecule has 0 spiro atoms. The van der Waals surface area contributed by atoms with Crippen molar-refractivity contribution >= 4 is 40.9 Å². The average Bonchev–Trinajstić information content (AvgIpc) is 2.65. The topological polar surface area (TPSA) is 117 Å². The van der Waals surface area contributed by atoms with E-state index in [1.54, 1.807) is 18.2 Å². The Bertz CT molecular complexity index is 1030. The van der Waals surface area contributed by atoms with E-state index < -0.39 is 11.8 Å². The number of aromatic nitrogens is 2. The fraction of sp³-hybridized carbons (Fsp3) is 0. The van der Waals surface area contributed by atoms with E-state index in [0.717, 1.165) is 6.21 Å². The lowest BCUT2D eigenvalue weighted by atomic mass is 10.1. The van der Waals surface area contributed by atoms with Gasteiger partial charge in [0.1, 0.15) is 11.5 Å². The molecule has 0 bridgehead atoms. The fourth-order valence-corrected chi connectivity index (χ4v) is 2.62. The maximum atomic E-state index is 14.1. The molecule has 1 aromatic carbocycles. The Morgan fingerprint density at radius 3 is 2.70 bits per heavy atom.